The van der Waals surface area contributed by atoms with Gasteiger partial charge in [0, 0.05) is 28.2 Å². The van der Waals surface area contributed by atoms with Gasteiger partial charge in [-0.1, -0.05) is 41.4 Å². The Balaban J connectivity index is 1.72. The number of aromatic nitrogens is 1. The first-order valence-corrected chi connectivity index (χ1v) is 10.4. The smallest absolute Gasteiger partial charge is 0.325 e. The first-order chi connectivity index (χ1) is 14.5. The number of ether oxygens (including phenoxy) is 1. The van der Waals surface area contributed by atoms with Crippen LogP contribution in [-0.2, 0) is 16.0 Å². The van der Waals surface area contributed by atoms with Gasteiger partial charge in [-0.05, 0) is 49.6 Å². The number of benzene rings is 2. The molecule has 0 fully saturated rings. The molecule has 30 heavy (non-hydrogen) atoms. The third-order valence-corrected chi connectivity index (χ3v) is 5.67. The molecule has 6 nitrogen and oxygen atoms in total. The summed E-state index contributed by atoms with van der Waals surface area (Å²) in [6, 6.07) is 13.4. The highest BCUT2D eigenvalue weighted by atomic mass is 35.5. The maximum atomic E-state index is 13.0. The molecule has 4 rings (SSSR count). The van der Waals surface area contributed by atoms with Crippen LogP contribution in [0.1, 0.15) is 35.3 Å². The lowest BCUT2D eigenvalue weighted by molar-refractivity contribution is -0.141. The molecule has 0 radical (unpaired) electrons. The molecule has 156 valence electrons. The Morgan fingerprint density at radius 1 is 1.23 bits per heavy atom. The van der Waals surface area contributed by atoms with Gasteiger partial charge in [0.25, 0.3) is 0 Å². The summed E-state index contributed by atoms with van der Waals surface area (Å²) in [6.45, 7) is 4.43. The molecule has 2 heterocycles. The van der Waals surface area contributed by atoms with E-state index in [0.717, 1.165) is 27.7 Å². The van der Waals surface area contributed by atoms with Crippen molar-refractivity contribution in [3.63, 3.8) is 0 Å². The average molecular weight is 426 g/mol. The number of hydrogen-bond acceptors (Lipinski definition) is 3. The number of carbonyl (C=O) groups is 2. The third-order valence-electron chi connectivity index (χ3n) is 5.43. The Morgan fingerprint density at radius 3 is 2.73 bits per heavy atom. The Labute approximate surface area is 180 Å². The van der Waals surface area contributed by atoms with Crippen molar-refractivity contribution < 1.29 is 14.3 Å². The lowest BCUT2D eigenvalue weighted by atomic mass is 9.92. The molecule has 1 atom stereocenters. The van der Waals surface area contributed by atoms with E-state index >= 15 is 0 Å². The minimum absolute atomic E-state index is 0.154. The Bertz CT molecular complexity index is 1090. The normalized spacial score (nSPS) is 15.7. The summed E-state index contributed by atoms with van der Waals surface area (Å²) < 4.78 is 4.92. The maximum Gasteiger partial charge on any atom is 0.325 e. The van der Waals surface area contributed by atoms with E-state index in [2.05, 4.69) is 10.3 Å². The molecule has 2 aromatic carbocycles. The van der Waals surface area contributed by atoms with Crippen molar-refractivity contribution in [1.82, 2.24) is 15.2 Å². The Morgan fingerprint density at radius 2 is 2.00 bits per heavy atom. The number of aryl methyl sites for hydroxylation is 1. The molecule has 1 aliphatic heterocycles. The van der Waals surface area contributed by atoms with E-state index < -0.39 is 5.97 Å². The van der Waals surface area contributed by atoms with Crippen LogP contribution in [0.4, 0.5) is 4.79 Å². The van der Waals surface area contributed by atoms with E-state index in [1.807, 2.05) is 49.4 Å². The lowest BCUT2D eigenvalue weighted by Gasteiger charge is -2.36. The summed E-state index contributed by atoms with van der Waals surface area (Å²) in [5.74, 6) is -0.448. The largest absolute Gasteiger partial charge is 0.465 e. The van der Waals surface area contributed by atoms with E-state index in [1.165, 1.54) is 5.56 Å². The van der Waals surface area contributed by atoms with E-state index in [1.54, 1.807) is 11.8 Å². The fourth-order valence-corrected chi connectivity index (χ4v) is 4.21. The number of H-pyrrole nitrogens is 1. The van der Waals surface area contributed by atoms with Crippen molar-refractivity contribution >= 4 is 34.5 Å². The topological polar surface area (TPSA) is 74.4 Å². The van der Waals surface area contributed by atoms with Gasteiger partial charge in [-0.15, -0.1) is 0 Å². The van der Waals surface area contributed by atoms with E-state index in [4.69, 9.17) is 16.3 Å². The maximum absolute atomic E-state index is 13.0. The predicted molar refractivity (Wildman–Crippen MR) is 117 cm³/mol. The number of urea groups is 1. The Hall–Kier alpha value is -2.99. The molecule has 0 aliphatic carbocycles. The van der Waals surface area contributed by atoms with Gasteiger partial charge in [-0.25, -0.2) is 4.79 Å². The van der Waals surface area contributed by atoms with Gasteiger partial charge >= 0.3 is 12.0 Å². The van der Waals surface area contributed by atoms with Crippen LogP contribution in [0.2, 0.25) is 5.02 Å². The van der Waals surface area contributed by atoms with Crippen molar-refractivity contribution in [3.05, 3.63) is 69.9 Å². The number of nitrogens with zero attached hydrogens (tertiary/aromatic N) is 1. The minimum atomic E-state index is -0.448. The molecule has 0 saturated heterocycles. The number of halogens is 1. The quantitative estimate of drug-likeness (QED) is 0.610. The summed E-state index contributed by atoms with van der Waals surface area (Å²) in [6.07, 6.45) is 0.699. The molecule has 3 aromatic rings. The van der Waals surface area contributed by atoms with Gasteiger partial charge in [-0.3, -0.25) is 4.79 Å². The molecule has 0 spiro atoms. The first-order valence-electron chi connectivity index (χ1n) is 10.0. The monoisotopic (exact) mass is 425 g/mol. The van der Waals surface area contributed by atoms with Crippen LogP contribution < -0.4 is 5.32 Å². The number of nitrogens with one attached hydrogen (secondary N) is 2. The van der Waals surface area contributed by atoms with Gasteiger partial charge in [0.2, 0.25) is 0 Å². The van der Waals surface area contributed by atoms with Crippen molar-refractivity contribution in [2.45, 2.75) is 26.3 Å². The second-order valence-electron chi connectivity index (χ2n) is 7.43. The van der Waals surface area contributed by atoms with Gasteiger partial charge in [-0.2, -0.15) is 0 Å². The highest BCUT2D eigenvalue weighted by molar-refractivity contribution is 6.31. The van der Waals surface area contributed by atoms with Crippen molar-refractivity contribution in [3.8, 4) is 0 Å². The average Bonchev–Trinajstić information content (AvgIpc) is 3.10. The van der Waals surface area contributed by atoms with E-state index in [-0.39, 0.29) is 25.2 Å². The molecular formula is C23H24ClN3O3. The van der Waals surface area contributed by atoms with Crippen LogP contribution >= 0.6 is 11.6 Å². The van der Waals surface area contributed by atoms with Crippen LogP contribution in [0, 0.1) is 6.92 Å². The zero-order chi connectivity index (χ0) is 21.3. The highest BCUT2D eigenvalue weighted by Gasteiger charge is 2.34. The summed E-state index contributed by atoms with van der Waals surface area (Å²) in [4.78, 5) is 30.0. The fraction of sp³-hybridized carbons (Fsp3) is 0.304. The third kappa shape index (κ3) is 3.87. The molecule has 2 amide bonds. The van der Waals surface area contributed by atoms with Crippen molar-refractivity contribution in [2.24, 2.45) is 0 Å². The number of amides is 2. The molecule has 0 unspecified atom stereocenters. The van der Waals surface area contributed by atoms with Crippen molar-refractivity contribution in [2.75, 3.05) is 19.7 Å². The van der Waals surface area contributed by atoms with Crippen LogP contribution in [-0.4, -0.2) is 41.6 Å². The lowest BCUT2D eigenvalue weighted by Crippen LogP contribution is -2.47. The van der Waals surface area contributed by atoms with Gasteiger partial charge < -0.3 is 19.9 Å². The number of esters is 1. The zero-order valence-electron chi connectivity index (χ0n) is 17.0. The number of carbonyl (C=O) groups excluding carboxylic acids is 2. The van der Waals surface area contributed by atoms with E-state index in [9.17, 15) is 9.59 Å². The molecule has 7 heteroatoms. The number of rotatable bonds is 4. The summed E-state index contributed by atoms with van der Waals surface area (Å²) in [7, 11) is 0. The highest BCUT2D eigenvalue weighted by Crippen LogP contribution is 2.39. The predicted octanol–water partition coefficient (Wildman–Crippen LogP) is 4.35. The molecule has 0 saturated carbocycles. The molecule has 0 bridgehead atoms. The van der Waals surface area contributed by atoms with Crippen LogP contribution in [0.5, 0.6) is 0 Å². The summed E-state index contributed by atoms with van der Waals surface area (Å²) in [5, 5.41) is 4.47. The molecule has 1 aromatic heterocycles. The van der Waals surface area contributed by atoms with Gasteiger partial charge in [0.15, 0.2) is 0 Å². The first kappa shape index (κ1) is 20.3. The van der Waals surface area contributed by atoms with Gasteiger partial charge in [0.05, 0.1) is 12.6 Å². The second-order valence-corrected chi connectivity index (χ2v) is 7.86. The second kappa shape index (κ2) is 8.40. The molecular weight excluding hydrogens is 402 g/mol. The Kier molecular flexibility index (Phi) is 5.68. The zero-order valence-corrected chi connectivity index (χ0v) is 17.8. The van der Waals surface area contributed by atoms with Crippen LogP contribution in [0.25, 0.3) is 10.9 Å². The summed E-state index contributed by atoms with van der Waals surface area (Å²) >= 11 is 6.23. The standard InChI is InChI=1S/C23H24ClN3O3/c1-3-30-20(28)13-25-23(29)27-11-10-17-18-12-16(24)8-9-19(18)26-21(17)22(27)15-6-4-14(2)5-7-15/h4-9,12,22,26H,3,10-11,13H2,1-2H3,(H,25,29)/t22-/m0/s1. The minimum Gasteiger partial charge on any atom is -0.465 e. The SMILES string of the molecule is CCOC(=O)CNC(=O)N1CCc2c([nH]c3ccc(Cl)cc23)[C@@H]1c1ccc(C)cc1. The van der Waals surface area contributed by atoms with Crippen molar-refractivity contribution in [1.29, 1.82) is 0 Å². The van der Waals surface area contributed by atoms with Gasteiger partial charge in [0.1, 0.15) is 6.54 Å². The fourth-order valence-electron chi connectivity index (χ4n) is 4.04. The van der Waals surface area contributed by atoms with Crippen LogP contribution in [0.15, 0.2) is 42.5 Å². The summed E-state index contributed by atoms with van der Waals surface area (Å²) in [5.41, 5.74) is 5.30. The van der Waals surface area contributed by atoms with Crippen LogP contribution in [0.3, 0.4) is 0 Å². The number of hydrogen-bond donors (Lipinski definition) is 2. The number of aromatic amines is 1. The molecule has 1 aliphatic rings. The molecule has 2 N–H and O–H groups in total. The van der Waals surface area contributed by atoms with E-state index in [0.29, 0.717) is 18.0 Å². The number of fused-ring (bicyclic) bond motifs is 3.